The zero-order valence-corrected chi connectivity index (χ0v) is 14.4. The van der Waals surface area contributed by atoms with E-state index < -0.39 is 5.97 Å². The van der Waals surface area contributed by atoms with E-state index in [4.69, 9.17) is 9.84 Å². The minimum absolute atomic E-state index is 0.0672. The van der Waals surface area contributed by atoms with E-state index in [1.807, 2.05) is 0 Å². The van der Waals surface area contributed by atoms with Crippen LogP contribution in [0, 0.1) is 5.92 Å². The zero-order valence-electron chi connectivity index (χ0n) is 12.8. The Morgan fingerprint density at radius 1 is 1.14 bits per heavy atom. The van der Waals surface area contributed by atoms with Crippen LogP contribution in [-0.4, -0.2) is 47.2 Å². The minimum Gasteiger partial charge on any atom is -0.481 e. The average Bonchev–Trinajstić information content (AvgIpc) is 3.31. The Morgan fingerprint density at radius 3 is 2.64 bits per heavy atom. The number of carbonyl (C=O) groups is 2. The second-order valence-electron chi connectivity index (χ2n) is 5.91. The maximum atomic E-state index is 11.9. The molecule has 1 heterocycles. The van der Waals surface area contributed by atoms with Gasteiger partial charge < -0.3 is 15.2 Å². The molecule has 1 aliphatic carbocycles. The van der Waals surface area contributed by atoms with Gasteiger partial charge in [0.25, 0.3) is 0 Å². The molecule has 2 aliphatic rings. The number of ether oxygens (including phenoxy) is 1. The molecule has 1 saturated heterocycles. The quantitative estimate of drug-likeness (QED) is 0.467. The average molecular weight is 348 g/mol. The first-order chi connectivity index (χ1) is 10.6. The molecule has 0 spiro atoms. The molecule has 0 radical (unpaired) electrons. The van der Waals surface area contributed by atoms with E-state index in [0.29, 0.717) is 24.8 Å². The molecule has 126 valence electrons. The molecule has 0 unspecified atom stereocenters. The Hall–Kier alpha value is -0.400. The molecule has 1 saturated carbocycles. The van der Waals surface area contributed by atoms with Crippen LogP contribution in [0.15, 0.2) is 0 Å². The Balaban J connectivity index is 1.47. The van der Waals surface area contributed by atoms with E-state index >= 15 is 0 Å². The molecule has 2 rings (SSSR count). The van der Waals surface area contributed by atoms with Crippen molar-refractivity contribution in [3.05, 3.63) is 0 Å². The molecule has 5 nitrogen and oxygen atoms in total. The predicted octanol–water partition coefficient (Wildman–Crippen LogP) is 2.70. The van der Waals surface area contributed by atoms with Gasteiger partial charge in [-0.25, -0.2) is 0 Å². The van der Waals surface area contributed by atoms with Crippen molar-refractivity contribution in [2.24, 2.45) is 5.92 Å². The van der Waals surface area contributed by atoms with Gasteiger partial charge >= 0.3 is 5.97 Å². The van der Waals surface area contributed by atoms with E-state index in [9.17, 15) is 9.59 Å². The van der Waals surface area contributed by atoms with Gasteiger partial charge in [-0.3, -0.25) is 9.59 Å². The molecule has 7 heteroatoms. The minimum atomic E-state index is -0.765. The van der Waals surface area contributed by atoms with Crippen molar-refractivity contribution >= 4 is 33.5 Å². The van der Waals surface area contributed by atoms with Crippen LogP contribution in [0.2, 0.25) is 0 Å². The summed E-state index contributed by atoms with van der Waals surface area (Å²) >= 11 is 0. The highest BCUT2D eigenvalue weighted by atomic mass is 33.1. The normalized spacial score (nSPS) is 24.9. The number of hydrogen-bond donors (Lipinski definition) is 2. The third-order valence-electron chi connectivity index (χ3n) is 3.93. The van der Waals surface area contributed by atoms with Crippen molar-refractivity contribution in [2.75, 3.05) is 18.1 Å². The first-order valence-electron chi connectivity index (χ1n) is 8.03. The molecular formula is C15H25NO4S2. The number of carboxylic acid groups (broad SMARTS) is 1. The Morgan fingerprint density at radius 2 is 1.91 bits per heavy atom. The van der Waals surface area contributed by atoms with Crippen molar-refractivity contribution < 1.29 is 19.4 Å². The molecule has 2 fully saturated rings. The smallest absolute Gasteiger partial charge is 0.304 e. The summed E-state index contributed by atoms with van der Waals surface area (Å²) in [5, 5.41) is 11.4. The number of carbonyl (C=O) groups excluding carboxylic acids is 1. The lowest BCUT2D eigenvalue weighted by Gasteiger charge is -2.29. The van der Waals surface area contributed by atoms with E-state index in [2.05, 4.69) is 5.32 Å². The number of aliphatic carboxylic acids is 1. The molecule has 1 amide bonds. The van der Waals surface area contributed by atoms with Crippen molar-refractivity contribution in [3.8, 4) is 0 Å². The molecule has 2 atom stereocenters. The van der Waals surface area contributed by atoms with Gasteiger partial charge in [0.2, 0.25) is 5.91 Å². The van der Waals surface area contributed by atoms with Gasteiger partial charge in [-0.15, -0.1) is 0 Å². The third kappa shape index (κ3) is 7.24. The molecular weight excluding hydrogens is 322 g/mol. The van der Waals surface area contributed by atoms with Crippen LogP contribution in [0.5, 0.6) is 0 Å². The maximum absolute atomic E-state index is 11.9. The molecule has 22 heavy (non-hydrogen) atoms. The van der Waals surface area contributed by atoms with Gasteiger partial charge in [-0.2, -0.15) is 0 Å². The predicted molar refractivity (Wildman–Crippen MR) is 90.0 cm³/mol. The topological polar surface area (TPSA) is 75.6 Å². The second kappa shape index (κ2) is 9.67. The fourth-order valence-electron chi connectivity index (χ4n) is 2.65. The summed E-state index contributed by atoms with van der Waals surface area (Å²) < 4.78 is 6.04. The fraction of sp³-hybridized carbons (Fsp3) is 0.867. The lowest BCUT2D eigenvalue weighted by molar-refractivity contribution is -0.136. The number of carboxylic acids is 1. The molecule has 2 N–H and O–H groups in total. The highest BCUT2D eigenvalue weighted by molar-refractivity contribution is 8.76. The van der Waals surface area contributed by atoms with Crippen molar-refractivity contribution in [3.63, 3.8) is 0 Å². The van der Waals surface area contributed by atoms with Crippen molar-refractivity contribution in [1.29, 1.82) is 0 Å². The third-order valence-corrected chi connectivity index (χ3v) is 6.34. The Bertz CT molecular complexity index is 377. The van der Waals surface area contributed by atoms with Gasteiger partial charge in [0, 0.05) is 18.1 Å². The molecule has 0 aromatic carbocycles. The number of rotatable bonds is 10. The fourth-order valence-corrected chi connectivity index (χ4v) is 4.54. The van der Waals surface area contributed by atoms with E-state index in [-0.39, 0.29) is 18.4 Å². The largest absolute Gasteiger partial charge is 0.481 e. The number of amides is 1. The summed E-state index contributed by atoms with van der Waals surface area (Å²) in [5.41, 5.74) is 0. The summed E-state index contributed by atoms with van der Waals surface area (Å²) in [6, 6.07) is 0. The van der Waals surface area contributed by atoms with Crippen LogP contribution in [0.4, 0.5) is 0 Å². The van der Waals surface area contributed by atoms with Crippen LogP contribution in [0.3, 0.4) is 0 Å². The second-order valence-corrected chi connectivity index (χ2v) is 8.61. The molecule has 0 bridgehead atoms. The van der Waals surface area contributed by atoms with Gasteiger partial charge in [0.1, 0.15) is 0 Å². The SMILES string of the molecule is O=C(O)CCSSCCNC(=O)C[C@@H]1CCC[C@H](C2CC2)O1. The standard InChI is InChI=1S/C15H25NO4S2/c17-14(16-7-9-22-21-8-6-15(18)19)10-12-2-1-3-13(20-12)11-4-5-11/h11-13H,1-10H2,(H,16,17)(H,18,19)/t12-,13+/m0/s1. The van der Waals surface area contributed by atoms with Crippen LogP contribution in [0.25, 0.3) is 0 Å². The van der Waals surface area contributed by atoms with Crippen LogP contribution in [-0.2, 0) is 14.3 Å². The summed E-state index contributed by atoms with van der Waals surface area (Å²) in [6.45, 7) is 0.627. The first kappa shape index (κ1) is 17.9. The Kier molecular flexibility index (Phi) is 7.89. The highest BCUT2D eigenvalue weighted by Crippen LogP contribution is 2.39. The summed E-state index contributed by atoms with van der Waals surface area (Å²) in [5.74, 6) is 1.46. The van der Waals surface area contributed by atoms with Crippen molar-refractivity contribution in [1.82, 2.24) is 5.32 Å². The molecule has 0 aromatic rings. The number of nitrogens with one attached hydrogen (secondary N) is 1. The number of hydrogen-bond acceptors (Lipinski definition) is 5. The van der Waals surface area contributed by atoms with E-state index in [1.165, 1.54) is 30.1 Å². The van der Waals surface area contributed by atoms with Gasteiger partial charge in [-0.05, 0) is 38.0 Å². The van der Waals surface area contributed by atoms with Crippen LogP contribution in [0.1, 0.15) is 44.9 Å². The Labute approximate surface area is 139 Å². The van der Waals surface area contributed by atoms with E-state index in [1.54, 1.807) is 10.8 Å². The maximum Gasteiger partial charge on any atom is 0.304 e. The van der Waals surface area contributed by atoms with E-state index in [0.717, 1.165) is 24.5 Å². The molecule has 0 aromatic heterocycles. The summed E-state index contributed by atoms with van der Waals surface area (Å²) in [7, 11) is 3.14. The monoisotopic (exact) mass is 347 g/mol. The van der Waals surface area contributed by atoms with Gasteiger partial charge in [0.05, 0.1) is 25.0 Å². The van der Waals surface area contributed by atoms with Crippen molar-refractivity contribution in [2.45, 2.75) is 57.2 Å². The highest BCUT2D eigenvalue weighted by Gasteiger charge is 2.35. The molecule has 1 aliphatic heterocycles. The zero-order chi connectivity index (χ0) is 15.8. The van der Waals surface area contributed by atoms with Gasteiger partial charge in [-0.1, -0.05) is 21.6 Å². The van der Waals surface area contributed by atoms with Crippen LogP contribution < -0.4 is 5.32 Å². The summed E-state index contributed by atoms with van der Waals surface area (Å²) in [6.07, 6.45) is 7.06. The lowest BCUT2D eigenvalue weighted by atomic mass is 9.99. The van der Waals surface area contributed by atoms with Crippen LogP contribution >= 0.6 is 21.6 Å². The lowest BCUT2D eigenvalue weighted by Crippen LogP contribution is -2.35. The van der Waals surface area contributed by atoms with Gasteiger partial charge in [0.15, 0.2) is 0 Å². The summed E-state index contributed by atoms with van der Waals surface area (Å²) in [4.78, 5) is 22.2. The first-order valence-corrected chi connectivity index (χ1v) is 10.5.